The van der Waals surface area contributed by atoms with Gasteiger partial charge in [-0.2, -0.15) is 0 Å². The van der Waals surface area contributed by atoms with E-state index in [0.717, 1.165) is 5.52 Å². The molecule has 0 amide bonds. The van der Waals surface area contributed by atoms with E-state index in [4.69, 9.17) is 6.57 Å². The Morgan fingerprint density at radius 3 is 1.95 bits per heavy atom. The predicted octanol–water partition coefficient (Wildman–Crippen LogP) is 7.03. The van der Waals surface area contributed by atoms with Crippen LogP contribution in [-0.2, 0) is 0 Å². The number of para-hydroxylation sites is 4. The number of hydrogen-bond acceptors (Lipinski definition) is 0. The van der Waals surface area contributed by atoms with Crippen molar-refractivity contribution in [3.8, 4) is 5.69 Å². The summed E-state index contributed by atoms with van der Waals surface area (Å²) in [7, 11) is 0. The molecule has 0 bridgehead atoms. The third kappa shape index (κ3) is 2.51. The van der Waals surface area contributed by atoms with Crippen molar-refractivity contribution < 1.29 is 0 Å². The van der Waals surface area contributed by atoms with Crippen molar-refractivity contribution in [2.24, 2.45) is 0 Å². The Balaban J connectivity index is 1.62. The van der Waals surface area contributed by atoms with Gasteiger partial charge in [0.05, 0.1) is 12.1 Å². The monoisotopic (exact) mass is 471 g/mol. The van der Waals surface area contributed by atoms with E-state index in [0.29, 0.717) is 5.69 Å². The van der Waals surface area contributed by atoms with Crippen molar-refractivity contribution in [3.05, 3.63) is 120 Å². The first-order chi connectivity index (χ1) is 18.2. The first-order valence-electron chi connectivity index (χ1n) is 12.7. The Hall–Kier alpha value is -4.75. The van der Waals surface area contributed by atoms with Gasteiger partial charge in [-0.3, -0.25) is 0 Å². The molecule has 0 saturated carbocycles. The average molecular weight is 471 g/mol. The predicted molar refractivity (Wildman–Crippen MR) is 156 cm³/mol. The van der Waals surface area contributed by atoms with Gasteiger partial charge in [0.1, 0.15) is 0 Å². The molecule has 1 aliphatic heterocycles. The zero-order valence-electron chi connectivity index (χ0n) is 20.7. The lowest BCUT2D eigenvalue weighted by Crippen LogP contribution is -2.53. The van der Waals surface area contributed by atoms with Crippen molar-refractivity contribution in [3.63, 3.8) is 0 Å². The van der Waals surface area contributed by atoms with Crippen molar-refractivity contribution in [1.82, 2.24) is 9.05 Å². The van der Waals surface area contributed by atoms with Gasteiger partial charge in [0.15, 0.2) is 5.69 Å². The summed E-state index contributed by atoms with van der Waals surface area (Å²) >= 11 is 0. The third-order valence-electron chi connectivity index (χ3n) is 8.20. The number of benzene rings is 5. The van der Waals surface area contributed by atoms with E-state index < -0.39 is 0 Å². The molecule has 3 heterocycles. The Labute approximate surface area is 215 Å². The molecule has 0 N–H and O–H groups in total. The summed E-state index contributed by atoms with van der Waals surface area (Å²) in [6.07, 6.45) is 0. The molecule has 2 aromatic heterocycles. The SMILES string of the molecule is [C-]#[N+]c1ccc2c3cccc4c3n(c2c1)-c1ccccc1B4n1c2c(C)cccc2c2cccc(C)c21. The van der Waals surface area contributed by atoms with E-state index in [1.165, 1.54) is 65.8 Å². The molecule has 7 aromatic rings. The Morgan fingerprint density at radius 1 is 0.622 bits per heavy atom. The minimum absolute atomic E-state index is 0.0271. The average Bonchev–Trinajstić information content (AvgIpc) is 3.45. The lowest BCUT2D eigenvalue weighted by Gasteiger charge is -2.29. The van der Waals surface area contributed by atoms with Gasteiger partial charge < -0.3 is 9.05 Å². The van der Waals surface area contributed by atoms with E-state index in [1.807, 2.05) is 12.1 Å². The van der Waals surface area contributed by atoms with Gasteiger partial charge in [-0.25, -0.2) is 4.85 Å². The zero-order chi connectivity index (χ0) is 24.8. The zero-order valence-corrected chi connectivity index (χ0v) is 20.7. The molecule has 172 valence electrons. The van der Waals surface area contributed by atoms with Crippen LogP contribution in [0.5, 0.6) is 0 Å². The van der Waals surface area contributed by atoms with Crippen molar-refractivity contribution >= 4 is 67.1 Å². The van der Waals surface area contributed by atoms with Crippen LogP contribution in [0, 0.1) is 20.4 Å². The van der Waals surface area contributed by atoms with E-state index in [9.17, 15) is 0 Å². The fourth-order valence-corrected chi connectivity index (χ4v) is 6.75. The second kappa shape index (κ2) is 7.15. The van der Waals surface area contributed by atoms with Gasteiger partial charge >= 0.3 is 6.85 Å². The molecule has 0 atom stereocenters. The number of aromatic nitrogens is 2. The maximum Gasteiger partial charge on any atom is 0.332 e. The Bertz CT molecular complexity index is 2080. The molecule has 1 aliphatic rings. The van der Waals surface area contributed by atoms with Crippen LogP contribution in [0.3, 0.4) is 0 Å². The summed E-state index contributed by atoms with van der Waals surface area (Å²) in [5.74, 6) is 0. The van der Waals surface area contributed by atoms with Crippen LogP contribution in [0.2, 0.25) is 0 Å². The molecule has 0 spiro atoms. The van der Waals surface area contributed by atoms with Crippen molar-refractivity contribution in [1.29, 1.82) is 0 Å². The van der Waals surface area contributed by atoms with E-state index in [1.54, 1.807) is 0 Å². The molecule has 0 aliphatic carbocycles. The molecule has 5 aromatic carbocycles. The molecule has 0 unspecified atom stereocenters. The van der Waals surface area contributed by atoms with Crippen LogP contribution in [0.15, 0.2) is 97.1 Å². The first-order valence-corrected chi connectivity index (χ1v) is 12.7. The lowest BCUT2D eigenvalue weighted by atomic mass is 9.48. The molecule has 0 fully saturated rings. The smallest absolute Gasteiger partial charge is 0.332 e. The van der Waals surface area contributed by atoms with Gasteiger partial charge in [0.25, 0.3) is 0 Å². The molecule has 8 rings (SSSR count). The summed E-state index contributed by atoms with van der Waals surface area (Å²) in [6, 6.07) is 34.9. The quantitative estimate of drug-likeness (QED) is 0.180. The standard InChI is InChI=1S/C33H22BN3/c1-20-9-6-11-25-26-12-7-10-21(2)32(26)37(31(20)25)34-27-14-4-5-16-29(27)36-30-19-22(35-3)17-18-23(30)24-13-8-15-28(34)33(24)36/h4-19H,1-2H3. The molecule has 0 radical (unpaired) electrons. The Morgan fingerprint density at radius 2 is 1.24 bits per heavy atom. The van der Waals surface area contributed by atoms with Crippen LogP contribution < -0.4 is 10.9 Å². The minimum Gasteiger partial charge on any atom is -0.375 e. The highest BCUT2D eigenvalue weighted by atomic mass is 15.0. The van der Waals surface area contributed by atoms with Crippen LogP contribution in [-0.4, -0.2) is 15.9 Å². The summed E-state index contributed by atoms with van der Waals surface area (Å²) in [6.45, 7) is 12.1. The van der Waals surface area contributed by atoms with E-state index in [-0.39, 0.29) is 6.85 Å². The van der Waals surface area contributed by atoms with Crippen molar-refractivity contribution in [2.45, 2.75) is 13.8 Å². The fraction of sp³-hybridized carbons (Fsp3) is 0.0606. The fourth-order valence-electron chi connectivity index (χ4n) is 6.75. The van der Waals surface area contributed by atoms with Crippen LogP contribution >= 0.6 is 0 Å². The van der Waals surface area contributed by atoms with Crippen LogP contribution in [0.4, 0.5) is 5.69 Å². The van der Waals surface area contributed by atoms with Crippen molar-refractivity contribution in [2.75, 3.05) is 0 Å². The van der Waals surface area contributed by atoms with Gasteiger partial charge in [-0.15, -0.1) is 0 Å². The van der Waals surface area contributed by atoms with E-state index >= 15 is 0 Å². The number of nitrogens with zero attached hydrogens (tertiary/aromatic N) is 3. The lowest BCUT2D eigenvalue weighted by molar-refractivity contribution is 1.18. The normalized spacial score (nSPS) is 12.5. The number of fused-ring (bicyclic) bond motifs is 8. The molecular weight excluding hydrogens is 449 g/mol. The van der Waals surface area contributed by atoms with Gasteiger partial charge in [-0.05, 0) is 48.0 Å². The summed E-state index contributed by atoms with van der Waals surface area (Å²) in [5, 5.41) is 5.03. The topological polar surface area (TPSA) is 14.2 Å². The maximum absolute atomic E-state index is 7.61. The molecule has 0 saturated heterocycles. The van der Waals surface area contributed by atoms with Gasteiger partial charge in [0, 0.05) is 43.8 Å². The highest BCUT2D eigenvalue weighted by Crippen LogP contribution is 2.38. The number of hydrogen-bond donors (Lipinski definition) is 0. The van der Waals surface area contributed by atoms with Crippen LogP contribution in [0.1, 0.15) is 11.1 Å². The largest absolute Gasteiger partial charge is 0.375 e. The minimum atomic E-state index is 0.0271. The highest BCUT2D eigenvalue weighted by molar-refractivity contribution is 6.88. The van der Waals surface area contributed by atoms with Gasteiger partial charge in [-0.1, -0.05) is 84.9 Å². The highest BCUT2D eigenvalue weighted by Gasteiger charge is 2.36. The molecule has 4 heteroatoms. The first kappa shape index (κ1) is 20.4. The molecule has 37 heavy (non-hydrogen) atoms. The second-order valence-corrected chi connectivity index (χ2v) is 10.2. The Kier molecular flexibility index (Phi) is 3.95. The second-order valence-electron chi connectivity index (χ2n) is 10.2. The van der Waals surface area contributed by atoms with E-state index in [2.05, 4.69) is 113 Å². The summed E-state index contributed by atoms with van der Waals surface area (Å²) < 4.78 is 4.97. The summed E-state index contributed by atoms with van der Waals surface area (Å²) in [4.78, 5) is 3.74. The molecular formula is C33H22BN3. The third-order valence-corrected chi connectivity index (χ3v) is 8.20. The maximum atomic E-state index is 7.61. The summed E-state index contributed by atoms with van der Waals surface area (Å²) in [5.41, 5.74) is 11.9. The number of aryl methyl sites for hydroxylation is 2. The van der Waals surface area contributed by atoms with Crippen LogP contribution in [0.25, 0.3) is 54.1 Å². The molecule has 3 nitrogen and oxygen atoms in total. The number of rotatable bonds is 1. The van der Waals surface area contributed by atoms with Gasteiger partial charge in [0.2, 0.25) is 0 Å².